The van der Waals surface area contributed by atoms with Crippen LogP contribution in [0.25, 0.3) is 0 Å². The van der Waals surface area contributed by atoms with Crippen molar-refractivity contribution >= 4 is 17.4 Å². The molecule has 3 rings (SSSR count). The smallest absolute Gasteiger partial charge is 0.318 e. The molecule has 1 atom stereocenters. The van der Waals surface area contributed by atoms with Crippen LogP contribution < -0.4 is 10.2 Å². The van der Waals surface area contributed by atoms with Gasteiger partial charge in [-0.25, -0.2) is 0 Å². The molecule has 18 heavy (non-hydrogen) atoms. The van der Waals surface area contributed by atoms with Crippen LogP contribution in [0.3, 0.4) is 0 Å². The van der Waals surface area contributed by atoms with Crippen LogP contribution in [0, 0.1) is 0 Å². The molecule has 2 aromatic rings. The molecule has 3 heterocycles. The van der Waals surface area contributed by atoms with Crippen molar-refractivity contribution in [2.24, 2.45) is 0 Å². The van der Waals surface area contributed by atoms with Crippen LogP contribution in [0.2, 0.25) is 0 Å². The van der Waals surface area contributed by atoms with E-state index in [0.717, 1.165) is 19.5 Å². The number of hydrogen-bond acceptors (Lipinski definition) is 6. The number of hydrogen-bond donors (Lipinski definition) is 1. The van der Waals surface area contributed by atoms with Gasteiger partial charge >= 0.3 is 6.01 Å². The average Bonchev–Trinajstić information content (AvgIpc) is 3.05. The summed E-state index contributed by atoms with van der Waals surface area (Å²) in [6.45, 7) is 3.82. The van der Waals surface area contributed by atoms with Gasteiger partial charge in [0.05, 0.1) is 6.04 Å². The van der Waals surface area contributed by atoms with E-state index in [-0.39, 0.29) is 6.04 Å². The minimum absolute atomic E-state index is 0.0905. The third-order valence-electron chi connectivity index (χ3n) is 3.31. The van der Waals surface area contributed by atoms with Crippen LogP contribution >= 0.6 is 11.3 Å². The number of thiophene rings is 1. The Balaban J connectivity index is 1.78. The topological polar surface area (TPSA) is 54.2 Å². The van der Waals surface area contributed by atoms with Gasteiger partial charge in [0.1, 0.15) is 0 Å². The lowest BCUT2D eigenvalue weighted by Gasteiger charge is -2.24. The Hall–Kier alpha value is -1.40. The van der Waals surface area contributed by atoms with E-state index in [1.165, 1.54) is 10.4 Å². The number of rotatable bonds is 3. The molecule has 96 valence electrons. The van der Waals surface area contributed by atoms with Gasteiger partial charge < -0.3 is 14.6 Å². The van der Waals surface area contributed by atoms with Crippen LogP contribution in [-0.2, 0) is 13.0 Å². The summed E-state index contributed by atoms with van der Waals surface area (Å²) >= 11 is 1.83. The summed E-state index contributed by atoms with van der Waals surface area (Å²) < 4.78 is 5.71. The van der Waals surface area contributed by atoms with E-state index in [0.29, 0.717) is 11.9 Å². The highest BCUT2D eigenvalue weighted by Gasteiger charge is 2.22. The zero-order valence-corrected chi connectivity index (χ0v) is 11.3. The van der Waals surface area contributed by atoms with Crippen molar-refractivity contribution in [2.45, 2.75) is 25.9 Å². The molecular weight excluding hydrogens is 248 g/mol. The molecule has 1 N–H and O–H groups in total. The van der Waals surface area contributed by atoms with Gasteiger partial charge in [0.15, 0.2) is 0 Å². The first-order valence-electron chi connectivity index (χ1n) is 6.09. The van der Waals surface area contributed by atoms with E-state index < -0.39 is 0 Å². The van der Waals surface area contributed by atoms with Gasteiger partial charge in [-0.1, -0.05) is 5.10 Å². The average molecular weight is 264 g/mol. The van der Waals surface area contributed by atoms with Gasteiger partial charge in [-0.05, 0) is 37.4 Å². The summed E-state index contributed by atoms with van der Waals surface area (Å²) in [5, 5.41) is 13.5. The van der Waals surface area contributed by atoms with E-state index >= 15 is 0 Å². The van der Waals surface area contributed by atoms with Gasteiger partial charge in [0.2, 0.25) is 5.89 Å². The first-order valence-corrected chi connectivity index (χ1v) is 6.96. The van der Waals surface area contributed by atoms with Crippen LogP contribution in [-0.4, -0.2) is 23.8 Å². The normalized spacial score (nSPS) is 16.7. The quantitative estimate of drug-likeness (QED) is 0.918. The van der Waals surface area contributed by atoms with Crippen molar-refractivity contribution < 1.29 is 4.42 Å². The lowest BCUT2D eigenvalue weighted by molar-refractivity contribution is 0.427. The monoisotopic (exact) mass is 264 g/mol. The molecule has 1 aliphatic rings. The largest absolute Gasteiger partial charge is 0.406 e. The number of anilines is 1. The third kappa shape index (κ3) is 2.02. The molecule has 0 radical (unpaired) electrons. The van der Waals surface area contributed by atoms with Crippen molar-refractivity contribution in [3.8, 4) is 0 Å². The fourth-order valence-corrected chi connectivity index (χ4v) is 2.95. The van der Waals surface area contributed by atoms with Crippen molar-refractivity contribution in [1.29, 1.82) is 0 Å². The fourth-order valence-electron chi connectivity index (χ4n) is 2.06. The van der Waals surface area contributed by atoms with Crippen LogP contribution in [0.1, 0.15) is 29.3 Å². The molecule has 0 saturated heterocycles. The van der Waals surface area contributed by atoms with Crippen LogP contribution in [0.15, 0.2) is 15.9 Å². The molecule has 0 aliphatic carbocycles. The maximum atomic E-state index is 5.71. The predicted octanol–water partition coefficient (Wildman–Crippen LogP) is 1.97. The van der Waals surface area contributed by atoms with Gasteiger partial charge in [0, 0.05) is 18.0 Å². The molecule has 0 spiro atoms. The SMILES string of the molecule is CNC(C)c1nnc(N2CCc3sccc3C2)o1. The zero-order chi connectivity index (χ0) is 12.5. The number of fused-ring (bicyclic) bond motifs is 1. The van der Waals surface area contributed by atoms with E-state index in [1.54, 1.807) is 0 Å². The highest BCUT2D eigenvalue weighted by atomic mass is 32.1. The molecule has 0 aromatic carbocycles. The molecule has 0 amide bonds. The van der Waals surface area contributed by atoms with Crippen molar-refractivity contribution in [1.82, 2.24) is 15.5 Å². The standard InChI is InChI=1S/C12H16N4OS/c1-8(13-2)11-14-15-12(17-11)16-5-3-10-9(7-16)4-6-18-10/h4,6,8,13H,3,5,7H2,1-2H3. The van der Waals surface area contributed by atoms with E-state index in [1.807, 2.05) is 25.3 Å². The minimum Gasteiger partial charge on any atom is -0.406 e. The minimum atomic E-state index is 0.0905. The van der Waals surface area contributed by atoms with Gasteiger partial charge in [-0.15, -0.1) is 16.4 Å². The van der Waals surface area contributed by atoms with Crippen molar-refractivity contribution in [3.63, 3.8) is 0 Å². The molecular formula is C12H16N4OS. The van der Waals surface area contributed by atoms with Crippen LogP contribution in [0.5, 0.6) is 0 Å². The van der Waals surface area contributed by atoms with Crippen molar-refractivity contribution in [3.05, 3.63) is 27.8 Å². The van der Waals surface area contributed by atoms with Gasteiger partial charge in [0.25, 0.3) is 0 Å². The summed E-state index contributed by atoms with van der Waals surface area (Å²) in [6, 6.07) is 2.90. The Morgan fingerprint density at radius 3 is 3.22 bits per heavy atom. The Labute approximate surface area is 110 Å². The maximum absolute atomic E-state index is 5.71. The fraction of sp³-hybridized carbons (Fsp3) is 0.500. The molecule has 0 fully saturated rings. The summed E-state index contributed by atoms with van der Waals surface area (Å²) in [5.41, 5.74) is 1.38. The first-order chi connectivity index (χ1) is 8.78. The molecule has 0 saturated carbocycles. The summed E-state index contributed by atoms with van der Waals surface area (Å²) in [4.78, 5) is 3.63. The van der Waals surface area contributed by atoms with Crippen molar-refractivity contribution in [2.75, 3.05) is 18.5 Å². The lowest BCUT2D eigenvalue weighted by Crippen LogP contribution is -2.29. The summed E-state index contributed by atoms with van der Waals surface area (Å²) in [7, 11) is 1.88. The van der Waals surface area contributed by atoms with E-state index in [2.05, 4.69) is 31.9 Å². The highest BCUT2D eigenvalue weighted by Crippen LogP contribution is 2.27. The molecule has 2 aromatic heterocycles. The molecule has 1 unspecified atom stereocenters. The Bertz CT molecular complexity index is 536. The zero-order valence-electron chi connectivity index (χ0n) is 10.5. The molecule has 5 nitrogen and oxygen atoms in total. The maximum Gasteiger partial charge on any atom is 0.318 e. The van der Waals surface area contributed by atoms with E-state index in [9.17, 15) is 0 Å². The Morgan fingerprint density at radius 2 is 2.39 bits per heavy atom. The lowest BCUT2D eigenvalue weighted by atomic mass is 10.1. The number of nitrogens with zero attached hydrogens (tertiary/aromatic N) is 3. The number of aromatic nitrogens is 2. The van der Waals surface area contributed by atoms with Gasteiger partial charge in [-0.2, -0.15) is 0 Å². The summed E-state index contributed by atoms with van der Waals surface area (Å²) in [6.07, 6.45) is 1.06. The van der Waals surface area contributed by atoms with Crippen LogP contribution in [0.4, 0.5) is 6.01 Å². The second-order valence-corrected chi connectivity index (χ2v) is 5.47. The predicted molar refractivity (Wildman–Crippen MR) is 70.8 cm³/mol. The first kappa shape index (κ1) is 11.7. The second-order valence-electron chi connectivity index (χ2n) is 4.47. The third-order valence-corrected chi connectivity index (χ3v) is 4.33. The molecule has 6 heteroatoms. The molecule has 1 aliphatic heterocycles. The molecule has 0 bridgehead atoms. The Morgan fingerprint density at radius 1 is 1.50 bits per heavy atom. The van der Waals surface area contributed by atoms with E-state index in [4.69, 9.17) is 4.42 Å². The highest BCUT2D eigenvalue weighted by molar-refractivity contribution is 7.10. The summed E-state index contributed by atoms with van der Waals surface area (Å²) in [5.74, 6) is 0.642. The number of nitrogens with one attached hydrogen (secondary N) is 1. The Kier molecular flexibility index (Phi) is 3.05. The second kappa shape index (κ2) is 4.70. The van der Waals surface area contributed by atoms with Gasteiger partial charge in [-0.3, -0.25) is 0 Å².